The van der Waals surface area contributed by atoms with Crippen LogP contribution in [0.15, 0.2) is 23.0 Å². The summed E-state index contributed by atoms with van der Waals surface area (Å²) in [4.78, 5) is 14.1. The summed E-state index contributed by atoms with van der Waals surface area (Å²) in [6.45, 7) is 0.559. The number of hydrogen-bond acceptors (Lipinski definition) is 4. The molecule has 5 nitrogen and oxygen atoms in total. The van der Waals surface area contributed by atoms with E-state index >= 15 is 0 Å². The van der Waals surface area contributed by atoms with Crippen molar-refractivity contribution in [1.82, 2.24) is 4.98 Å². The van der Waals surface area contributed by atoms with Crippen molar-refractivity contribution in [3.8, 4) is 11.5 Å². The van der Waals surface area contributed by atoms with Gasteiger partial charge in [0.05, 0.1) is 12.1 Å². The Bertz CT molecular complexity index is 659. The summed E-state index contributed by atoms with van der Waals surface area (Å²) in [6.07, 6.45) is 2.31. The maximum atomic E-state index is 11.4. The molecule has 0 amide bonds. The van der Waals surface area contributed by atoms with E-state index in [1.807, 2.05) is 0 Å². The highest BCUT2D eigenvalue weighted by Gasteiger charge is 2.23. The summed E-state index contributed by atoms with van der Waals surface area (Å²) in [5.74, 6) is 0.889. The highest BCUT2D eigenvalue weighted by atomic mass is 16.5. The number of nitrogens with two attached hydrogens (primary N) is 1. The van der Waals surface area contributed by atoms with Crippen LogP contribution in [-0.2, 0) is 0 Å². The molecular formula is C13H14N2O3. The van der Waals surface area contributed by atoms with E-state index in [9.17, 15) is 9.90 Å². The third kappa shape index (κ3) is 1.88. The van der Waals surface area contributed by atoms with Crippen LogP contribution in [0.5, 0.6) is 11.5 Å². The summed E-state index contributed by atoms with van der Waals surface area (Å²) >= 11 is 0. The molecule has 1 aromatic heterocycles. The fourth-order valence-corrected chi connectivity index (χ4v) is 1.95. The molecule has 1 aromatic carbocycles. The van der Waals surface area contributed by atoms with Gasteiger partial charge in [-0.1, -0.05) is 0 Å². The van der Waals surface area contributed by atoms with Gasteiger partial charge in [-0.05, 0) is 30.9 Å². The summed E-state index contributed by atoms with van der Waals surface area (Å²) in [6, 6.07) is 4.52. The number of benzene rings is 1. The minimum absolute atomic E-state index is 0.0180. The van der Waals surface area contributed by atoms with Crippen LogP contribution in [0.25, 0.3) is 10.9 Å². The molecule has 0 radical (unpaired) electrons. The second-order valence-electron chi connectivity index (χ2n) is 4.68. The number of hydrogen-bond donors (Lipinski definition) is 3. The van der Waals surface area contributed by atoms with Crippen LogP contribution in [0.4, 0.5) is 5.69 Å². The van der Waals surface area contributed by atoms with E-state index in [4.69, 9.17) is 10.5 Å². The van der Waals surface area contributed by atoms with Crippen molar-refractivity contribution in [3.63, 3.8) is 0 Å². The first-order chi connectivity index (χ1) is 8.65. The molecule has 1 fully saturated rings. The molecule has 0 saturated heterocycles. The average Bonchev–Trinajstić information content (AvgIpc) is 3.11. The quantitative estimate of drug-likeness (QED) is 0.767. The number of phenolic OH excluding ortho intramolecular Hbond substituents is 1. The van der Waals surface area contributed by atoms with E-state index in [2.05, 4.69) is 4.98 Å². The van der Waals surface area contributed by atoms with Crippen molar-refractivity contribution in [2.24, 2.45) is 5.92 Å². The van der Waals surface area contributed by atoms with Crippen molar-refractivity contribution in [2.45, 2.75) is 12.8 Å². The number of pyridine rings is 1. The van der Waals surface area contributed by atoms with Crippen LogP contribution in [0.3, 0.4) is 0 Å². The Morgan fingerprint density at radius 3 is 2.94 bits per heavy atom. The predicted molar refractivity (Wildman–Crippen MR) is 68.9 cm³/mol. The molecule has 18 heavy (non-hydrogen) atoms. The maximum absolute atomic E-state index is 11.4. The molecule has 5 heteroatoms. The van der Waals surface area contributed by atoms with E-state index in [-0.39, 0.29) is 11.3 Å². The van der Waals surface area contributed by atoms with Gasteiger partial charge >= 0.3 is 0 Å². The minimum Gasteiger partial charge on any atom is -0.504 e. The van der Waals surface area contributed by atoms with Crippen LogP contribution < -0.4 is 16.0 Å². The van der Waals surface area contributed by atoms with Crippen LogP contribution in [0.1, 0.15) is 12.8 Å². The average molecular weight is 246 g/mol. The van der Waals surface area contributed by atoms with Crippen LogP contribution in [0, 0.1) is 5.92 Å². The third-order valence-electron chi connectivity index (χ3n) is 3.14. The molecule has 0 aliphatic heterocycles. The first-order valence-electron chi connectivity index (χ1n) is 5.92. The van der Waals surface area contributed by atoms with E-state index in [1.165, 1.54) is 12.1 Å². The minimum atomic E-state index is -0.304. The lowest BCUT2D eigenvalue weighted by Crippen LogP contribution is -2.08. The van der Waals surface area contributed by atoms with E-state index < -0.39 is 0 Å². The van der Waals surface area contributed by atoms with Crippen molar-refractivity contribution in [2.75, 3.05) is 12.3 Å². The van der Waals surface area contributed by atoms with Gasteiger partial charge in [0.25, 0.3) is 5.56 Å². The number of fused-ring (bicyclic) bond motifs is 1. The number of nitrogens with one attached hydrogen (secondary N) is 1. The van der Waals surface area contributed by atoms with Crippen molar-refractivity contribution in [3.05, 3.63) is 28.6 Å². The SMILES string of the molecule is Nc1cc(=O)[nH]c2c(OCC3CC3)c(O)ccc12. The number of ether oxygens (including phenoxy) is 1. The zero-order valence-corrected chi connectivity index (χ0v) is 9.77. The predicted octanol–water partition coefficient (Wildman–Crippen LogP) is 1.60. The van der Waals surface area contributed by atoms with Crippen molar-refractivity contribution < 1.29 is 9.84 Å². The molecule has 4 N–H and O–H groups in total. The second-order valence-corrected chi connectivity index (χ2v) is 4.68. The zero-order chi connectivity index (χ0) is 12.7. The Kier molecular flexibility index (Phi) is 2.40. The van der Waals surface area contributed by atoms with Gasteiger partial charge in [-0.3, -0.25) is 4.79 Å². The molecular weight excluding hydrogens is 232 g/mol. The van der Waals surface area contributed by atoms with Gasteiger partial charge in [0.2, 0.25) is 0 Å². The van der Waals surface area contributed by atoms with Crippen molar-refractivity contribution >= 4 is 16.6 Å². The Balaban J connectivity index is 2.13. The largest absolute Gasteiger partial charge is 0.504 e. The summed E-state index contributed by atoms with van der Waals surface area (Å²) in [7, 11) is 0. The lowest BCUT2D eigenvalue weighted by molar-refractivity contribution is 0.287. The summed E-state index contributed by atoms with van der Waals surface area (Å²) in [5.41, 5.74) is 6.32. The number of rotatable bonds is 3. The van der Waals surface area contributed by atoms with Gasteiger partial charge in [0.1, 0.15) is 0 Å². The number of anilines is 1. The molecule has 3 rings (SSSR count). The number of aromatic hydroxyl groups is 1. The third-order valence-corrected chi connectivity index (χ3v) is 3.14. The Morgan fingerprint density at radius 2 is 2.22 bits per heavy atom. The van der Waals surface area contributed by atoms with Gasteiger partial charge in [-0.25, -0.2) is 0 Å². The Labute approximate surface area is 103 Å². The first kappa shape index (κ1) is 11.0. The Morgan fingerprint density at radius 1 is 1.44 bits per heavy atom. The van der Waals surface area contributed by atoms with Crippen LogP contribution in [-0.4, -0.2) is 16.7 Å². The van der Waals surface area contributed by atoms with Gasteiger partial charge in [-0.15, -0.1) is 0 Å². The number of H-pyrrole nitrogens is 1. The molecule has 94 valence electrons. The van der Waals surface area contributed by atoms with Crippen LogP contribution in [0.2, 0.25) is 0 Å². The van der Waals surface area contributed by atoms with E-state index in [0.717, 1.165) is 12.8 Å². The molecule has 1 aliphatic carbocycles. The van der Waals surface area contributed by atoms with E-state index in [1.54, 1.807) is 6.07 Å². The van der Waals surface area contributed by atoms with E-state index in [0.29, 0.717) is 34.9 Å². The molecule has 0 atom stereocenters. The topological polar surface area (TPSA) is 88.3 Å². The normalized spacial score (nSPS) is 14.9. The molecule has 2 aromatic rings. The number of nitrogen functional groups attached to an aromatic ring is 1. The Hall–Kier alpha value is -2.17. The first-order valence-corrected chi connectivity index (χ1v) is 5.92. The lowest BCUT2D eigenvalue weighted by atomic mass is 10.1. The van der Waals surface area contributed by atoms with Crippen LogP contribution >= 0.6 is 0 Å². The summed E-state index contributed by atoms with van der Waals surface area (Å²) in [5, 5.41) is 10.5. The molecule has 0 spiro atoms. The molecule has 0 unspecified atom stereocenters. The number of aromatic nitrogens is 1. The molecule has 0 bridgehead atoms. The van der Waals surface area contributed by atoms with Gasteiger partial charge in [-0.2, -0.15) is 0 Å². The molecule has 1 heterocycles. The summed E-state index contributed by atoms with van der Waals surface area (Å²) < 4.78 is 5.61. The fourth-order valence-electron chi connectivity index (χ4n) is 1.95. The maximum Gasteiger partial charge on any atom is 0.250 e. The lowest BCUT2D eigenvalue weighted by Gasteiger charge is -2.11. The second kappa shape index (κ2) is 3.94. The fraction of sp³-hybridized carbons (Fsp3) is 0.308. The molecule has 1 aliphatic rings. The van der Waals surface area contributed by atoms with Gasteiger partial charge in [0, 0.05) is 17.1 Å². The highest BCUT2D eigenvalue weighted by molar-refractivity contribution is 5.95. The number of phenols is 1. The number of aromatic amines is 1. The van der Waals surface area contributed by atoms with Crippen molar-refractivity contribution in [1.29, 1.82) is 0 Å². The monoisotopic (exact) mass is 246 g/mol. The van der Waals surface area contributed by atoms with Gasteiger partial charge < -0.3 is 20.6 Å². The molecule has 1 saturated carbocycles. The standard InChI is InChI=1S/C13H14N2O3/c14-9-5-11(17)15-12-8(9)3-4-10(16)13(12)18-6-7-1-2-7/h3-5,7,16H,1-2,6H2,(H3,14,15,17). The highest BCUT2D eigenvalue weighted by Crippen LogP contribution is 2.37. The smallest absolute Gasteiger partial charge is 0.250 e. The zero-order valence-electron chi connectivity index (χ0n) is 9.77. The van der Waals surface area contributed by atoms with Gasteiger partial charge in [0.15, 0.2) is 11.5 Å².